The van der Waals surface area contributed by atoms with Crippen molar-refractivity contribution in [2.75, 3.05) is 26.9 Å². The molecule has 1 aliphatic rings. The second kappa shape index (κ2) is 9.36. The molecule has 0 radical (unpaired) electrons. The molecule has 146 valence electrons. The first-order valence-corrected chi connectivity index (χ1v) is 9.23. The van der Waals surface area contributed by atoms with Crippen molar-refractivity contribution in [3.63, 3.8) is 0 Å². The Morgan fingerprint density at radius 1 is 1.37 bits per heavy atom. The number of rotatable bonds is 7. The average Bonchev–Trinajstić information content (AvgIpc) is 3.33. The van der Waals surface area contributed by atoms with Gasteiger partial charge in [-0.25, -0.2) is 0 Å². The smallest absolute Gasteiger partial charge is 0.191 e. The number of aromatic nitrogens is 3. The fourth-order valence-electron chi connectivity index (χ4n) is 2.89. The minimum absolute atomic E-state index is 0.479. The SMILES string of the molecule is CN=C(NCc1ccc(C)cc1OCC1CCOC1)NCc1nncn1C. The molecule has 2 N–H and O–H groups in total. The third-order valence-electron chi connectivity index (χ3n) is 4.61. The van der Waals surface area contributed by atoms with Crippen LogP contribution in [0.5, 0.6) is 5.75 Å². The summed E-state index contributed by atoms with van der Waals surface area (Å²) in [6.45, 7) is 5.56. The van der Waals surface area contributed by atoms with E-state index in [2.05, 4.69) is 50.9 Å². The van der Waals surface area contributed by atoms with Crippen molar-refractivity contribution in [3.05, 3.63) is 41.5 Å². The summed E-state index contributed by atoms with van der Waals surface area (Å²) in [5.74, 6) is 2.94. The maximum atomic E-state index is 6.10. The summed E-state index contributed by atoms with van der Waals surface area (Å²) >= 11 is 0. The summed E-state index contributed by atoms with van der Waals surface area (Å²) in [5, 5.41) is 14.5. The maximum absolute atomic E-state index is 6.10. The second-order valence-electron chi connectivity index (χ2n) is 6.79. The number of aliphatic imine (C=N–C) groups is 1. The number of nitrogens with one attached hydrogen (secondary N) is 2. The van der Waals surface area contributed by atoms with Crippen molar-refractivity contribution < 1.29 is 9.47 Å². The third-order valence-corrected chi connectivity index (χ3v) is 4.61. The monoisotopic (exact) mass is 372 g/mol. The molecule has 8 nitrogen and oxygen atoms in total. The summed E-state index contributed by atoms with van der Waals surface area (Å²) in [6, 6.07) is 6.28. The second-order valence-corrected chi connectivity index (χ2v) is 6.79. The Labute approximate surface area is 160 Å². The van der Waals surface area contributed by atoms with E-state index in [1.54, 1.807) is 13.4 Å². The van der Waals surface area contributed by atoms with E-state index < -0.39 is 0 Å². The van der Waals surface area contributed by atoms with Gasteiger partial charge < -0.3 is 24.7 Å². The Hall–Kier alpha value is -2.61. The summed E-state index contributed by atoms with van der Waals surface area (Å²) in [5.41, 5.74) is 2.28. The molecule has 1 aromatic heterocycles. The third kappa shape index (κ3) is 5.43. The van der Waals surface area contributed by atoms with Crippen molar-refractivity contribution in [1.29, 1.82) is 0 Å². The number of benzene rings is 1. The highest BCUT2D eigenvalue weighted by molar-refractivity contribution is 5.79. The molecular formula is C19H28N6O2. The number of hydrogen-bond donors (Lipinski definition) is 2. The first-order chi connectivity index (χ1) is 13.2. The first kappa shape index (κ1) is 19.2. The standard InChI is InChI=1S/C19H28N6O2/c1-14-4-5-16(17(8-14)27-12-15-6-7-26-11-15)9-21-19(20-2)22-10-18-24-23-13-25(18)3/h4-5,8,13,15H,6-7,9-12H2,1-3H3,(H2,20,21,22). The normalized spacial score (nSPS) is 17.1. The van der Waals surface area contributed by atoms with E-state index in [0.717, 1.165) is 36.8 Å². The summed E-state index contributed by atoms with van der Waals surface area (Å²) < 4.78 is 13.4. The van der Waals surface area contributed by atoms with Gasteiger partial charge in [-0.15, -0.1) is 10.2 Å². The zero-order valence-electron chi connectivity index (χ0n) is 16.2. The van der Waals surface area contributed by atoms with E-state index in [-0.39, 0.29) is 0 Å². The van der Waals surface area contributed by atoms with Crippen LogP contribution in [0, 0.1) is 12.8 Å². The van der Waals surface area contributed by atoms with Crippen LogP contribution in [0.2, 0.25) is 0 Å². The van der Waals surface area contributed by atoms with Crippen molar-refractivity contribution in [1.82, 2.24) is 25.4 Å². The molecule has 8 heteroatoms. The fourth-order valence-corrected chi connectivity index (χ4v) is 2.89. The Bertz CT molecular complexity index is 767. The minimum Gasteiger partial charge on any atom is -0.493 e. The molecule has 2 aromatic rings. The van der Waals surface area contributed by atoms with Crippen molar-refractivity contribution in [2.24, 2.45) is 18.0 Å². The summed E-state index contributed by atoms with van der Waals surface area (Å²) in [6.07, 6.45) is 2.75. The van der Waals surface area contributed by atoms with Crippen molar-refractivity contribution >= 4 is 5.96 Å². The molecule has 2 heterocycles. The molecule has 0 saturated carbocycles. The lowest BCUT2D eigenvalue weighted by Crippen LogP contribution is -2.37. The lowest BCUT2D eigenvalue weighted by Gasteiger charge is -2.17. The number of aryl methyl sites for hydroxylation is 2. The highest BCUT2D eigenvalue weighted by Gasteiger charge is 2.17. The van der Waals surface area contributed by atoms with Gasteiger partial charge in [-0.3, -0.25) is 4.99 Å². The van der Waals surface area contributed by atoms with Gasteiger partial charge in [-0.1, -0.05) is 12.1 Å². The van der Waals surface area contributed by atoms with Crippen LogP contribution in [0.25, 0.3) is 0 Å². The van der Waals surface area contributed by atoms with Gasteiger partial charge in [0.25, 0.3) is 0 Å². The van der Waals surface area contributed by atoms with E-state index >= 15 is 0 Å². The molecule has 1 saturated heterocycles. The Kier molecular flexibility index (Phi) is 6.64. The van der Waals surface area contributed by atoms with Crippen LogP contribution in [0.1, 0.15) is 23.4 Å². The minimum atomic E-state index is 0.479. The zero-order chi connectivity index (χ0) is 19.1. The van der Waals surface area contributed by atoms with Gasteiger partial charge in [0, 0.05) is 38.7 Å². The van der Waals surface area contributed by atoms with Crippen LogP contribution < -0.4 is 15.4 Å². The molecule has 1 atom stereocenters. The number of guanidine groups is 1. The number of nitrogens with zero attached hydrogens (tertiary/aromatic N) is 4. The van der Waals surface area contributed by atoms with E-state index in [4.69, 9.17) is 9.47 Å². The Morgan fingerprint density at radius 3 is 2.93 bits per heavy atom. The summed E-state index contributed by atoms with van der Waals surface area (Å²) in [4.78, 5) is 4.27. The van der Waals surface area contributed by atoms with Crippen LogP contribution in [0.15, 0.2) is 29.5 Å². The molecule has 0 bridgehead atoms. The first-order valence-electron chi connectivity index (χ1n) is 9.23. The number of ether oxygens (including phenoxy) is 2. The van der Waals surface area contributed by atoms with Gasteiger partial charge in [-0.2, -0.15) is 0 Å². The molecule has 0 spiro atoms. The summed E-state index contributed by atoms with van der Waals surface area (Å²) in [7, 11) is 3.66. The van der Waals surface area contributed by atoms with Crippen LogP contribution in [0.4, 0.5) is 0 Å². The van der Waals surface area contributed by atoms with Gasteiger partial charge in [0.1, 0.15) is 12.1 Å². The zero-order valence-corrected chi connectivity index (χ0v) is 16.2. The van der Waals surface area contributed by atoms with Gasteiger partial charge >= 0.3 is 0 Å². The van der Waals surface area contributed by atoms with Crippen LogP contribution in [-0.2, 0) is 24.9 Å². The van der Waals surface area contributed by atoms with Gasteiger partial charge in [-0.05, 0) is 25.0 Å². The highest BCUT2D eigenvalue weighted by atomic mass is 16.5. The predicted molar refractivity (Wildman–Crippen MR) is 104 cm³/mol. The average molecular weight is 372 g/mol. The van der Waals surface area contributed by atoms with E-state index in [9.17, 15) is 0 Å². The fraction of sp³-hybridized carbons (Fsp3) is 0.526. The van der Waals surface area contributed by atoms with Crippen LogP contribution in [-0.4, -0.2) is 47.6 Å². The molecule has 1 fully saturated rings. The van der Waals surface area contributed by atoms with Gasteiger partial charge in [0.15, 0.2) is 11.8 Å². The molecule has 0 aliphatic carbocycles. The van der Waals surface area contributed by atoms with Crippen LogP contribution in [0.3, 0.4) is 0 Å². The van der Waals surface area contributed by atoms with Gasteiger partial charge in [0.2, 0.25) is 0 Å². The molecule has 27 heavy (non-hydrogen) atoms. The predicted octanol–water partition coefficient (Wildman–Crippen LogP) is 1.40. The van der Waals surface area contributed by atoms with Crippen LogP contribution >= 0.6 is 0 Å². The topological polar surface area (TPSA) is 85.6 Å². The molecule has 1 aliphatic heterocycles. The lowest BCUT2D eigenvalue weighted by molar-refractivity contribution is 0.166. The van der Waals surface area contributed by atoms with E-state index in [0.29, 0.717) is 31.6 Å². The van der Waals surface area contributed by atoms with E-state index in [1.165, 1.54) is 5.56 Å². The molecule has 1 unspecified atom stereocenters. The van der Waals surface area contributed by atoms with E-state index in [1.807, 2.05) is 11.6 Å². The van der Waals surface area contributed by atoms with Gasteiger partial charge in [0.05, 0.1) is 19.8 Å². The maximum Gasteiger partial charge on any atom is 0.191 e. The highest BCUT2D eigenvalue weighted by Crippen LogP contribution is 2.22. The Morgan fingerprint density at radius 2 is 2.22 bits per heavy atom. The quantitative estimate of drug-likeness (QED) is 0.565. The van der Waals surface area contributed by atoms with Crippen molar-refractivity contribution in [3.8, 4) is 5.75 Å². The Balaban J connectivity index is 1.56. The van der Waals surface area contributed by atoms with Crippen molar-refractivity contribution in [2.45, 2.75) is 26.4 Å². The molecular weight excluding hydrogens is 344 g/mol. The molecule has 3 rings (SSSR count). The number of hydrogen-bond acceptors (Lipinski definition) is 5. The molecule has 0 amide bonds. The molecule has 1 aromatic carbocycles. The lowest BCUT2D eigenvalue weighted by atomic mass is 10.1. The largest absolute Gasteiger partial charge is 0.493 e.